The van der Waals surface area contributed by atoms with Crippen molar-refractivity contribution in [3.05, 3.63) is 57.5 Å². The van der Waals surface area contributed by atoms with Crippen molar-refractivity contribution in [3.8, 4) is 0 Å². The van der Waals surface area contributed by atoms with Gasteiger partial charge in [0.05, 0.1) is 17.2 Å². The molecule has 2 heterocycles. The van der Waals surface area contributed by atoms with Gasteiger partial charge in [0.1, 0.15) is 12.2 Å². The van der Waals surface area contributed by atoms with Crippen molar-refractivity contribution in [3.63, 3.8) is 0 Å². The second kappa shape index (κ2) is 21.4. The second-order valence-electron chi connectivity index (χ2n) is 29.3. The van der Waals surface area contributed by atoms with E-state index in [1.54, 1.807) is 0 Å². The van der Waals surface area contributed by atoms with Crippen molar-refractivity contribution < 1.29 is 19.1 Å². The van der Waals surface area contributed by atoms with Crippen LogP contribution in [-0.2, 0) is 19.1 Å². The van der Waals surface area contributed by atoms with Crippen molar-refractivity contribution in [2.24, 2.45) is 97.7 Å². The number of allylic oxidation sites excluding steroid dienone is 4. The highest BCUT2D eigenvalue weighted by Crippen LogP contribution is 2.69. The summed E-state index contributed by atoms with van der Waals surface area (Å²) in [5, 5.41) is 3.57. The summed E-state index contributed by atoms with van der Waals surface area (Å²) in [6.07, 6.45) is 37.4. The van der Waals surface area contributed by atoms with Crippen LogP contribution in [0.2, 0.25) is 0 Å². The summed E-state index contributed by atoms with van der Waals surface area (Å²) in [5.41, 5.74) is 7.81. The molecule has 0 aromatic rings. The molecule has 410 valence electrons. The summed E-state index contributed by atoms with van der Waals surface area (Å²) in [6.45, 7) is 29.2. The first-order valence-electron chi connectivity index (χ1n) is 31.5. The Balaban J connectivity index is 0.813. The molecular weight excluding hydrogens is 909 g/mol. The Labute approximate surface area is 451 Å². The van der Waals surface area contributed by atoms with Crippen LogP contribution in [0.5, 0.6) is 0 Å². The van der Waals surface area contributed by atoms with E-state index in [1.807, 2.05) is 26.3 Å². The number of rotatable bonds is 15. The number of esters is 2. The molecule has 0 bridgehead atoms. The van der Waals surface area contributed by atoms with E-state index in [2.05, 4.69) is 91.7 Å². The van der Waals surface area contributed by atoms with E-state index >= 15 is 0 Å². The van der Waals surface area contributed by atoms with Crippen LogP contribution >= 0.6 is 0 Å². The van der Waals surface area contributed by atoms with Gasteiger partial charge in [-0.3, -0.25) is 4.99 Å². The quantitative estimate of drug-likeness (QED) is 0.131. The maximum absolute atomic E-state index is 14.9. The van der Waals surface area contributed by atoms with Crippen LogP contribution in [0.25, 0.3) is 0 Å². The fraction of sp³-hybridized carbons (Fsp3) is 0.809. The number of nitrogens with one attached hydrogen (secondary N) is 1. The Morgan fingerprint density at radius 1 is 0.649 bits per heavy atom. The average Bonchev–Trinajstić information content (AvgIpc) is 3.91. The average molecular weight is 1010 g/mol. The molecule has 8 aliphatic carbocycles. The number of carbonyl (C=O) groups excluding carboxylic acids is 2. The molecule has 10 rings (SSSR count). The van der Waals surface area contributed by atoms with Gasteiger partial charge in [-0.2, -0.15) is 0 Å². The van der Waals surface area contributed by atoms with Gasteiger partial charge >= 0.3 is 11.9 Å². The molecule has 6 saturated carbocycles. The van der Waals surface area contributed by atoms with Crippen molar-refractivity contribution >= 4 is 18.2 Å². The molecule has 74 heavy (non-hydrogen) atoms. The SMILES string of the molecule is CC1=C(C(=O)OC2CC[C@@]3(C)C(=CCC4C3CC[C@@]3(C)C4CC[C@@H]3[C@H](C)CCCC(C)C)C2)C(C2=CN=CCC2)=C(C(=O)OC2CC[C@@]3(C)C(=CCC4C3CC[C@@]3(C)C4CC[C@@H]3[C@H](C)CCCC(C)C)C2)C(C)N1. The Bertz CT molecular complexity index is 2310. The minimum atomic E-state index is -0.318. The van der Waals surface area contributed by atoms with Gasteiger partial charge in [0.25, 0.3) is 0 Å². The van der Waals surface area contributed by atoms with Crippen LogP contribution in [0, 0.1) is 92.7 Å². The van der Waals surface area contributed by atoms with Gasteiger partial charge in [-0.25, -0.2) is 9.59 Å². The van der Waals surface area contributed by atoms with E-state index in [-0.39, 0.29) is 41.0 Å². The van der Waals surface area contributed by atoms with E-state index in [0.717, 1.165) is 128 Å². The van der Waals surface area contributed by atoms with Crippen LogP contribution in [0.3, 0.4) is 0 Å². The lowest BCUT2D eigenvalue weighted by Gasteiger charge is -2.58. The minimum Gasteiger partial charge on any atom is -0.459 e. The van der Waals surface area contributed by atoms with Crippen molar-refractivity contribution in [2.75, 3.05) is 0 Å². The molecular formula is C68H104N2O4. The number of fused-ring (bicyclic) bond motifs is 10. The molecule has 6 nitrogen and oxygen atoms in total. The van der Waals surface area contributed by atoms with Crippen LogP contribution in [0.1, 0.15) is 237 Å². The van der Waals surface area contributed by atoms with Crippen LogP contribution in [0.15, 0.2) is 62.5 Å². The lowest BCUT2D eigenvalue weighted by Crippen LogP contribution is -2.51. The molecule has 1 N–H and O–H groups in total. The van der Waals surface area contributed by atoms with Gasteiger partial charge in [-0.1, -0.05) is 131 Å². The zero-order chi connectivity index (χ0) is 52.5. The van der Waals surface area contributed by atoms with Crippen LogP contribution < -0.4 is 5.32 Å². The first kappa shape index (κ1) is 54.5. The number of hydrogen-bond donors (Lipinski definition) is 1. The Kier molecular flexibility index (Phi) is 15.7. The number of dihydropyridines is 1. The van der Waals surface area contributed by atoms with Crippen LogP contribution in [-0.4, -0.2) is 36.4 Å². The molecule has 0 amide bonds. The van der Waals surface area contributed by atoms with Gasteiger partial charge in [0.15, 0.2) is 0 Å². The predicted octanol–water partition coefficient (Wildman–Crippen LogP) is 17.2. The third-order valence-electron chi connectivity index (χ3n) is 24.5. The molecule has 0 aromatic carbocycles. The third kappa shape index (κ3) is 9.77. The van der Waals surface area contributed by atoms with E-state index in [4.69, 9.17) is 9.47 Å². The number of ether oxygens (including phenoxy) is 2. The molecule has 0 radical (unpaired) electrons. The molecule has 6 heteroatoms. The van der Waals surface area contributed by atoms with Crippen molar-refractivity contribution in [1.29, 1.82) is 0 Å². The zero-order valence-corrected chi connectivity index (χ0v) is 49.0. The Hall–Kier alpha value is -2.89. The van der Waals surface area contributed by atoms with Crippen LogP contribution in [0.4, 0.5) is 0 Å². The summed E-state index contributed by atoms with van der Waals surface area (Å²) in [7, 11) is 0. The monoisotopic (exact) mass is 1010 g/mol. The Morgan fingerprint density at radius 3 is 1.62 bits per heavy atom. The van der Waals surface area contributed by atoms with E-state index in [0.29, 0.717) is 33.5 Å². The van der Waals surface area contributed by atoms with Gasteiger partial charge in [-0.05, 0) is 215 Å². The smallest absolute Gasteiger partial charge is 0.340 e. The first-order valence-corrected chi connectivity index (χ1v) is 31.5. The van der Waals surface area contributed by atoms with Gasteiger partial charge in [-0.15, -0.1) is 0 Å². The largest absolute Gasteiger partial charge is 0.459 e. The highest BCUT2D eigenvalue weighted by molar-refractivity contribution is 6.03. The summed E-state index contributed by atoms with van der Waals surface area (Å²) in [4.78, 5) is 34.5. The molecule has 0 saturated heterocycles. The molecule has 10 aliphatic rings. The fourth-order valence-electron chi connectivity index (χ4n) is 20.5. The van der Waals surface area contributed by atoms with E-state index in [1.165, 1.54) is 114 Å². The lowest BCUT2D eigenvalue weighted by atomic mass is 9.47. The number of hydrogen-bond acceptors (Lipinski definition) is 6. The highest BCUT2D eigenvalue weighted by atomic mass is 16.5. The molecule has 0 spiro atoms. The number of aliphatic imine (C=N–C) groups is 1. The second-order valence-corrected chi connectivity index (χ2v) is 29.3. The highest BCUT2D eigenvalue weighted by Gasteiger charge is 2.61. The summed E-state index contributed by atoms with van der Waals surface area (Å²) in [6, 6.07) is -0.314. The molecule has 6 fully saturated rings. The maximum Gasteiger partial charge on any atom is 0.340 e. The normalized spacial score (nSPS) is 41.4. The topological polar surface area (TPSA) is 77.0 Å². The number of carbonyl (C=O) groups is 2. The minimum absolute atomic E-state index is 0.173. The zero-order valence-electron chi connectivity index (χ0n) is 49.0. The van der Waals surface area contributed by atoms with Crippen molar-refractivity contribution in [2.45, 2.75) is 255 Å². The fourth-order valence-corrected chi connectivity index (χ4v) is 20.5. The Morgan fingerprint density at radius 2 is 1.15 bits per heavy atom. The van der Waals surface area contributed by atoms with Crippen molar-refractivity contribution in [1.82, 2.24) is 5.32 Å². The summed E-state index contributed by atoms with van der Waals surface area (Å²) in [5.74, 6) is 8.97. The predicted molar refractivity (Wildman–Crippen MR) is 304 cm³/mol. The molecule has 17 atom stereocenters. The van der Waals surface area contributed by atoms with E-state index in [9.17, 15) is 9.59 Å². The van der Waals surface area contributed by atoms with E-state index < -0.39 is 0 Å². The number of nitrogens with zero attached hydrogens (tertiary/aromatic N) is 1. The molecule has 0 aromatic heterocycles. The van der Waals surface area contributed by atoms with Gasteiger partial charge in [0.2, 0.25) is 0 Å². The summed E-state index contributed by atoms with van der Waals surface area (Å²) >= 11 is 0. The standard InChI is InChI=1S/C68H104N2O4/c1-41(2)16-13-18-43(5)54-25-27-56-52-23-21-48-38-50(29-33-65(48,9)58(52)31-35-67(54,56)11)73-63(71)60-45(7)70-46(8)61(62(60)47-20-15-37-69-40-47)64(72)74-51-30-34-66(10)49(39-51)22-24-53-57-28-26-55(44(6)19-14-17-42(3)4)68(57,12)36-32-59(53)66/h21-22,37,40-45,50-59,70H,13-20,23-36,38-39H2,1-12H3/t43-,44-,45?,50?,51?,52?,53?,54-,55-,56?,57?,58?,59?,65+,66+,67-,68-/m1/s1. The van der Waals surface area contributed by atoms with Gasteiger partial charge < -0.3 is 14.8 Å². The third-order valence-corrected chi connectivity index (χ3v) is 24.5. The summed E-state index contributed by atoms with van der Waals surface area (Å²) < 4.78 is 13.4. The van der Waals surface area contributed by atoms with Gasteiger partial charge in [0, 0.05) is 36.5 Å². The molecule has 2 aliphatic heterocycles. The lowest BCUT2D eigenvalue weighted by molar-refractivity contribution is -0.147. The maximum atomic E-state index is 14.9. The molecule has 9 unspecified atom stereocenters. The first-order chi connectivity index (χ1) is 35.3.